The fourth-order valence-electron chi connectivity index (χ4n) is 1.49. The minimum absolute atomic E-state index is 0.251. The van der Waals surface area contributed by atoms with Crippen molar-refractivity contribution in [2.75, 3.05) is 13.2 Å². The van der Waals surface area contributed by atoms with E-state index in [1.807, 2.05) is 6.92 Å². The van der Waals surface area contributed by atoms with Gasteiger partial charge in [0.15, 0.2) is 0 Å². The molecule has 0 radical (unpaired) electrons. The summed E-state index contributed by atoms with van der Waals surface area (Å²) in [6.45, 7) is 10.3. The van der Waals surface area contributed by atoms with Gasteiger partial charge in [-0.2, -0.15) is 0 Å². The normalized spacial score (nSPS) is 9.83. The van der Waals surface area contributed by atoms with Gasteiger partial charge in [-0.25, -0.2) is 4.79 Å². The van der Waals surface area contributed by atoms with Gasteiger partial charge < -0.3 is 9.47 Å². The van der Waals surface area contributed by atoms with Crippen molar-refractivity contribution in [3.63, 3.8) is 0 Å². The Morgan fingerprint density at radius 2 is 1.61 bits per heavy atom. The minimum Gasteiger partial charge on any atom is -0.502 e. The standard InChI is InChI=1S/C15H26O3/c1-4-14(3)15(16)18-13-11-9-7-6-8-10-12-17-5-2/h5H,2-4,6-13H2,1H3. The first-order chi connectivity index (χ1) is 8.72. The summed E-state index contributed by atoms with van der Waals surface area (Å²) in [6, 6.07) is 0. The van der Waals surface area contributed by atoms with E-state index in [1.54, 1.807) is 0 Å². The summed E-state index contributed by atoms with van der Waals surface area (Å²) in [6.07, 6.45) is 8.83. The third-order valence-electron chi connectivity index (χ3n) is 2.72. The molecule has 3 heteroatoms. The number of ether oxygens (including phenoxy) is 2. The van der Waals surface area contributed by atoms with E-state index in [2.05, 4.69) is 13.2 Å². The van der Waals surface area contributed by atoms with Crippen molar-refractivity contribution in [1.82, 2.24) is 0 Å². The van der Waals surface area contributed by atoms with Crippen LogP contribution < -0.4 is 0 Å². The predicted molar refractivity (Wildman–Crippen MR) is 74.2 cm³/mol. The second-order valence-corrected chi connectivity index (χ2v) is 4.25. The molecule has 0 saturated carbocycles. The van der Waals surface area contributed by atoms with Crippen LogP contribution in [-0.2, 0) is 14.3 Å². The molecule has 0 N–H and O–H groups in total. The van der Waals surface area contributed by atoms with Gasteiger partial charge in [0.25, 0.3) is 0 Å². The Balaban J connectivity index is 3.18. The number of hydrogen-bond acceptors (Lipinski definition) is 3. The van der Waals surface area contributed by atoms with Gasteiger partial charge in [0.05, 0.1) is 19.5 Å². The molecular formula is C15H26O3. The summed E-state index contributed by atoms with van der Waals surface area (Å²) in [5.41, 5.74) is 0.553. The average Bonchev–Trinajstić information content (AvgIpc) is 2.39. The van der Waals surface area contributed by atoms with Crippen LogP contribution in [0.2, 0.25) is 0 Å². The summed E-state index contributed by atoms with van der Waals surface area (Å²) in [4.78, 5) is 11.3. The zero-order chi connectivity index (χ0) is 13.6. The number of esters is 1. The Hall–Kier alpha value is -1.25. The molecule has 0 bridgehead atoms. The maximum atomic E-state index is 11.3. The molecule has 0 fully saturated rings. The maximum absolute atomic E-state index is 11.3. The highest BCUT2D eigenvalue weighted by Gasteiger charge is 2.04. The molecule has 3 nitrogen and oxygen atoms in total. The third-order valence-corrected chi connectivity index (χ3v) is 2.72. The smallest absolute Gasteiger partial charge is 0.333 e. The second kappa shape index (κ2) is 12.2. The first kappa shape index (κ1) is 16.8. The van der Waals surface area contributed by atoms with Crippen molar-refractivity contribution in [3.8, 4) is 0 Å². The molecule has 0 aromatic carbocycles. The molecule has 0 aliphatic carbocycles. The average molecular weight is 254 g/mol. The van der Waals surface area contributed by atoms with Crippen LogP contribution in [-0.4, -0.2) is 19.2 Å². The molecule has 0 aliphatic rings. The van der Waals surface area contributed by atoms with E-state index in [0.717, 1.165) is 25.9 Å². The van der Waals surface area contributed by atoms with Crippen LogP contribution in [0.4, 0.5) is 0 Å². The molecule has 0 rings (SSSR count). The van der Waals surface area contributed by atoms with Crippen molar-refractivity contribution < 1.29 is 14.3 Å². The van der Waals surface area contributed by atoms with Crippen LogP contribution in [0.15, 0.2) is 25.0 Å². The molecule has 0 aromatic heterocycles. The lowest BCUT2D eigenvalue weighted by Gasteiger charge is -2.05. The fraction of sp³-hybridized carbons (Fsp3) is 0.667. The molecular weight excluding hydrogens is 228 g/mol. The summed E-state index contributed by atoms with van der Waals surface area (Å²) >= 11 is 0. The second-order valence-electron chi connectivity index (χ2n) is 4.25. The van der Waals surface area contributed by atoms with Crippen LogP contribution in [0.3, 0.4) is 0 Å². The summed E-state index contributed by atoms with van der Waals surface area (Å²) in [5, 5.41) is 0. The Morgan fingerprint density at radius 3 is 2.17 bits per heavy atom. The molecule has 18 heavy (non-hydrogen) atoms. The van der Waals surface area contributed by atoms with Gasteiger partial charge in [0.2, 0.25) is 0 Å². The van der Waals surface area contributed by atoms with Crippen LogP contribution in [0.1, 0.15) is 51.9 Å². The van der Waals surface area contributed by atoms with E-state index in [0.29, 0.717) is 18.6 Å². The van der Waals surface area contributed by atoms with E-state index in [9.17, 15) is 4.79 Å². The Bertz CT molecular complexity index is 246. The van der Waals surface area contributed by atoms with Crippen molar-refractivity contribution in [1.29, 1.82) is 0 Å². The lowest BCUT2D eigenvalue weighted by Crippen LogP contribution is -2.07. The number of unbranched alkanes of at least 4 members (excludes halogenated alkanes) is 5. The Labute approximate surface area is 111 Å². The minimum atomic E-state index is -0.251. The van der Waals surface area contributed by atoms with Gasteiger partial charge in [-0.3, -0.25) is 0 Å². The highest BCUT2D eigenvalue weighted by Crippen LogP contribution is 2.07. The monoisotopic (exact) mass is 254 g/mol. The van der Waals surface area contributed by atoms with Gasteiger partial charge in [-0.15, -0.1) is 0 Å². The molecule has 0 amide bonds. The van der Waals surface area contributed by atoms with E-state index in [1.165, 1.54) is 25.5 Å². The van der Waals surface area contributed by atoms with Gasteiger partial charge in [0.1, 0.15) is 0 Å². The molecule has 0 heterocycles. The fourth-order valence-corrected chi connectivity index (χ4v) is 1.49. The molecule has 0 saturated heterocycles. The van der Waals surface area contributed by atoms with E-state index in [-0.39, 0.29) is 5.97 Å². The van der Waals surface area contributed by atoms with Gasteiger partial charge in [-0.05, 0) is 19.3 Å². The molecule has 0 atom stereocenters. The predicted octanol–water partition coefficient (Wildman–Crippen LogP) is 4.00. The first-order valence-electron chi connectivity index (χ1n) is 6.79. The number of rotatable bonds is 12. The van der Waals surface area contributed by atoms with Crippen molar-refractivity contribution in [3.05, 3.63) is 25.0 Å². The number of carbonyl (C=O) groups excluding carboxylic acids is 1. The Kier molecular flexibility index (Phi) is 11.4. The van der Waals surface area contributed by atoms with Gasteiger partial charge in [0, 0.05) is 5.57 Å². The van der Waals surface area contributed by atoms with Crippen molar-refractivity contribution in [2.45, 2.75) is 51.9 Å². The first-order valence-corrected chi connectivity index (χ1v) is 6.79. The Morgan fingerprint density at radius 1 is 1.06 bits per heavy atom. The van der Waals surface area contributed by atoms with Crippen LogP contribution >= 0.6 is 0 Å². The van der Waals surface area contributed by atoms with Crippen LogP contribution in [0.5, 0.6) is 0 Å². The van der Waals surface area contributed by atoms with Crippen LogP contribution in [0, 0.1) is 0 Å². The highest BCUT2D eigenvalue weighted by molar-refractivity contribution is 5.87. The largest absolute Gasteiger partial charge is 0.502 e. The van der Waals surface area contributed by atoms with E-state index >= 15 is 0 Å². The SMILES string of the molecule is C=COCCCCCCCCOC(=O)C(=C)CC. The van der Waals surface area contributed by atoms with E-state index < -0.39 is 0 Å². The van der Waals surface area contributed by atoms with Crippen LogP contribution in [0.25, 0.3) is 0 Å². The number of carbonyl (C=O) groups is 1. The quantitative estimate of drug-likeness (QED) is 0.228. The topological polar surface area (TPSA) is 35.5 Å². The lowest BCUT2D eigenvalue weighted by molar-refractivity contribution is -0.139. The van der Waals surface area contributed by atoms with Gasteiger partial charge in [-0.1, -0.05) is 45.8 Å². The van der Waals surface area contributed by atoms with E-state index in [4.69, 9.17) is 9.47 Å². The highest BCUT2D eigenvalue weighted by atomic mass is 16.5. The zero-order valence-corrected chi connectivity index (χ0v) is 11.6. The molecule has 0 aliphatic heterocycles. The lowest BCUT2D eigenvalue weighted by atomic mass is 10.1. The molecule has 0 aromatic rings. The summed E-state index contributed by atoms with van der Waals surface area (Å²) in [5.74, 6) is -0.251. The third kappa shape index (κ3) is 9.94. The van der Waals surface area contributed by atoms with Crippen molar-refractivity contribution >= 4 is 5.97 Å². The molecule has 104 valence electrons. The zero-order valence-electron chi connectivity index (χ0n) is 11.6. The summed E-state index contributed by atoms with van der Waals surface area (Å²) < 4.78 is 10.1. The summed E-state index contributed by atoms with van der Waals surface area (Å²) in [7, 11) is 0. The van der Waals surface area contributed by atoms with Gasteiger partial charge >= 0.3 is 5.97 Å². The van der Waals surface area contributed by atoms with Crippen molar-refractivity contribution in [2.24, 2.45) is 0 Å². The molecule has 0 unspecified atom stereocenters. The maximum Gasteiger partial charge on any atom is 0.333 e. The molecule has 0 spiro atoms. The number of hydrogen-bond donors (Lipinski definition) is 0.